The van der Waals surface area contributed by atoms with E-state index in [1.54, 1.807) is 6.07 Å². The molecule has 1 fully saturated rings. The summed E-state index contributed by atoms with van der Waals surface area (Å²) in [6.45, 7) is 3.76. The lowest BCUT2D eigenvalue weighted by Crippen LogP contribution is -2.24. The topological polar surface area (TPSA) is 35.2 Å². The van der Waals surface area contributed by atoms with Gasteiger partial charge < -0.3 is 10.5 Å². The lowest BCUT2D eigenvalue weighted by Gasteiger charge is -2.13. The number of hydrogen-bond acceptors (Lipinski definition) is 2. The monoisotopic (exact) mass is 223 g/mol. The van der Waals surface area contributed by atoms with Crippen LogP contribution in [0.3, 0.4) is 0 Å². The first-order valence-electron chi connectivity index (χ1n) is 5.72. The van der Waals surface area contributed by atoms with Gasteiger partial charge in [-0.15, -0.1) is 0 Å². The van der Waals surface area contributed by atoms with Crippen molar-refractivity contribution in [1.82, 2.24) is 0 Å². The summed E-state index contributed by atoms with van der Waals surface area (Å²) >= 11 is 0. The van der Waals surface area contributed by atoms with Gasteiger partial charge in [-0.3, -0.25) is 0 Å². The van der Waals surface area contributed by atoms with Crippen molar-refractivity contribution in [2.24, 2.45) is 5.73 Å². The van der Waals surface area contributed by atoms with Crippen LogP contribution in [-0.2, 0) is 6.42 Å². The van der Waals surface area contributed by atoms with Crippen LogP contribution in [0.5, 0.6) is 5.75 Å². The van der Waals surface area contributed by atoms with Crippen molar-refractivity contribution < 1.29 is 9.13 Å². The van der Waals surface area contributed by atoms with Crippen LogP contribution in [0.2, 0.25) is 0 Å². The summed E-state index contributed by atoms with van der Waals surface area (Å²) in [5.74, 6) is 0.0241. The van der Waals surface area contributed by atoms with E-state index in [0.29, 0.717) is 5.75 Å². The maximum Gasteiger partial charge on any atom is 0.165 e. The smallest absolute Gasteiger partial charge is 0.165 e. The zero-order valence-electron chi connectivity index (χ0n) is 9.79. The predicted octanol–water partition coefficient (Wildman–Crippen LogP) is 2.65. The lowest BCUT2D eigenvalue weighted by atomic mass is 10.0. The van der Waals surface area contributed by atoms with Crippen LogP contribution < -0.4 is 10.5 Å². The second-order valence-electron chi connectivity index (χ2n) is 4.97. The number of halogens is 1. The minimum Gasteiger partial charge on any atom is -0.488 e. The number of ether oxygens (including phenoxy) is 1. The molecule has 0 aromatic heterocycles. The molecule has 0 saturated heterocycles. The van der Waals surface area contributed by atoms with Crippen LogP contribution in [0, 0.1) is 5.82 Å². The number of benzene rings is 1. The third kappa shape index (κ3) is 2.73. The Kier molecular flexibility index (Phi) is 2.89. The van der Waals surface area contributed by atoms with Gasteiger partial charge in [-0.05, 0) is 50.8 Å². The minimum atomic E-state index is -0.296. The Balaban J connectivity index is 2.09. The summed E-state index contributed by atoms with van der Waals surface area (Å²) in [6.07, 6.45) is 2.83. The first kappa shape index (κ1) is 11.4. The zero-order chi connectivity index (χ0) is 11.8. The van der Waals surface area contributed by atoms with Crippen LogP contribution in [0.4, 0.5) is 4.39 Å². The van der Waals surface area contributed by atoms with Gasteiger partial charge >= 0.3 is 0 Å². The molecule has 1 aromatic carbocycles. The fraction of sp³-hybridized carbons (Fsp3) is 0.538. The summed E-state index contributed by atoms with van der Waals surface area (Å²) in [7, 11) is 0. The summed E-state index contributed by atoms with van der Waals surface area (Å²) in [5.41, 5.74) is 6.87. The summed E-state index contributed by atoms with van der Waals surface area (Å²) in [5, 5.41) is 0. The molecule has 0 unspecified atom stereocenters. The Hall–Kier alpha value is -1.09. The Bertz CT molecular complexity index is 386. The average Bonchev–Trinajstić information content (AvgIpc) is 2.88. The molecule has 0 amide bonds. The molecule has 1 saturated carbocycles. The van der Waals surface area contributed by atoms with E-state index in [-0.39, 0.29) is 17.5 Å². The van der Waals surface area contributed by atoms with Gasteiger partial charge in [0.05, 0.1) is 6.10 Å². The van der Waals surface area contributed by atoms with Crippen molar-refractivity contribution in [3.05, 3.63) is 29.6 Å². The van der Waals surface area contributed by atoms with E-state index < -0.39 is 0 Å². The standard InChI is InChI=1S/C13H18FNO/c1-9(2)16-12-4-3-10(7-11(12)14)8-13(15)5-6-13/h3-4,7,9H,5-6,8,15H2,1-2H3. The van der Waals surface area contributed by atoms with E-state index in [0.717, 1.165) is 24.8 Å². The van der Waals surface area contributed by atoms with Crippen molar-refractivity contribution >= 4 is 0 Å². The summed E-state index contributed by atoms with van der Waals surface area (Å²) < 4.78 is 19.0. The molecule has 0 heterocycles. The van der Waals surface area contributed by atoms with Gasteiger partial charge in [0.15, 0.2) is 11.6 Å². The third-order valence-electron chi connectivity index (χ3n) is 2.81. The fourth-order valence-electron chi connectivity index (χ4n) is 1.75. The highest BCUT2D eigenvalue weighted by molar-refractivity contribution is 5.31. The Labute approximate surface area is 95.6 Å². The normalized spacial score (nSPS) is 17.6. The van der Waals surface area contributed by atoms with Crippen LogP contribution in [0.25, 0.3) is 0 Å². The zero-order valence-corrected chi connectivity index (χ0v) is 9.79. The van der Waals surface area contributed by atoms with E-state index >= 15 is 0 Å². The number of rotatable bonds is 4. The highest BCUT2D eigenvalue weighted by atomic mass is 19.1. The largest absolute Gasteiger partial charge is 0.488 e. The van der Waals surface area contributed by atoms with E-state index in [1.165, 1.54) is 6.07 Å². The highest BCUT2D eigenvalue weighted by Gasteiger charge is 2.38. The van der Waals surface area contributed by atoms with Gasteiger partial charge in [-0.2, -0.15) is 0 Å². The Morgan fingerprint density at radius 1 is 1.44 bits per heavy atom. The molecule has 88 valence electrons. The van der Waals surface area contributed by atoms with Crippen molar-refractivity contribution in [1.29, 1.82) is 0 Å². The fourth-order valence-corrected chi connectivity index (χ4v) is 1.75. The third-order valence-corrected chi connectivity index (χ3v) is 2.81. The van der Waals surface area contributed by atoms with Crippen molar-refractivity contribution in [2.75, 3.05) is 0 Å². The minimum absolute atomic E-state index is 0.00960. The Morgan fingerprint density at radius 2 is 2.12 bits per heavy atom. The van der Waals surface area contributed by atoms with E-state index in [4.69, 9.17) is 10.5 Å². The van der Waals surface area contributed by atoms with Gasteiger partial charge in [0.1, 0.15) is 0 Å². The highest BCUT2D eigenvalue weighted by Crippen LogP contribution is 2.36. The number of hydrogen-bond donors (Lipinski definition) is 1. The maximum absolute atomic E-state index is 13.6. The molecule has 0 atom stereocenters. The molecule has 1 aliphatic rings. The lowest BCUT2D eigenvalue weighted by molar-refractivity contribution is 0.231. The molecular weight excluding hydrogens is 205 g/mol. The van der Waals surface area contributed by atoms with Crippen molar-refractivity contribution in [3.8, 4) is 5.75 Å². The van der Waals surface area contributed by atoms with Gasteiger partial charge in [0.25, 0.3) is 0 Å². The Morgan fingerprint density at radius 3 is 2.62 bits per heavy atom. The molecule has 3 heteroatoms. The van der Waals surface area contributed by atoms with Gasteiger partial charge in [0, 0.05) is 5.54 Å². The van der Waals surface area contributed by atoms with E-state index in [1.807, 2.05) is 19.9 Å². The summed E-state index contributed by atoms with van der Waals surface area (Å²) in [6, 6.07) is 5.12. The average molecular weight is 223 g/mol. The SMILES string of the molecule is CC(C)Oc1ccc(CC2(N)CC2)cc1F. The molecule has 2 nitrogen and oxygen atoms in total. The molecule has 0 bridgehead atoms. The van der Waals surface area contributed by atoms with Crippen LogP contribution in [-0.4, -0.2) is 11.6 Å². The van der Waals surface area contributed by atoms with E-state index in [2.05, 4.69) is 0 Å². The van der Waals surface area contributed by atoms with Crippen molar-refractivity contribution in [3.63, 3.8) is 0 Å². The van der Waals surface area contributed by atoms with Gasteiger partial charge in [0.2, 0.25) is 0 Å². The molecule has 0 aliphatic heterocycles. The molecule has 1 aromatic rings. The molecule has 16 heavy (non-hydrogen) atoms. The van der Waals surface area contributed by atoms with E-state index in [9.17, 15) is 4.39 Å². The second kappa shape index (κ2) is 4.06. The molecule has 0 spiro atoms. The van der Waals surface area contributed by atoms with Gasteiger partial charge in [-0.25, -0.2) is 4.39 Å². The molecular formula is C13H18FNO. The van der Waals surface area contributed by atoms with Gasteiger partial charge in [-0.1, -0.05) is 6.07 Å². The molecule has 1 aliphatic carbocycles. The first-order valence-corrected chi connectivity index (χ1v) is 5.72. The summed E-state index contributed by atoms with van der Waals surface area (Å²) in [4.78, 5) is 0. The maximum atomic E-state index is 13.6. The van der Waals surface area contributed by atoms with Crippen LogP contribution >= 0.6 is 0 Å². The van der Waals surface area contributed by atoms with Crippen LogP contribution in [0.1, 0.15) is 32.3 Å². The number of nitrogens with two attached hydrogens (primary N) is 1. The first-order chi connectivity index (χ1) is 7.48. The molecule has 0 radical (unpaired) electrons. The van der Waals surface area contributed by atoms with Crippen molar-refractivity contribution in [2.45, 2.75) is 44.8 Å². The predicted molar refractivity (Wildman–Crippen MR) is 62.0 cm³/mol. The quantitative estimate of drug-likeness (QED) is 0.851. The molecule has 2 N–H and O–H groups in total. The molecule has 2 rings (SSSR count). The second-order valence-corrected chi connectivity index (χ2v) is 4.97. The van der Waals surface area contributed by atoms with Crippen LogP contribution in [0.15, 0.2) is 18.2 Å².